The first-order valence-corrected chi connectivity index (χ1v) is 5.01. The lowest BCUT2D eigenvalue weighted by atomic mass is 10.7. The average molecular weight is 211 g/mol. The number of hydrogen-bond donors (Lipinski definition) is 0. The Hall–Kier alpha value is 0.370. The highest BCUT2D eigenvalue weighted by atomic mass is 35.5. The number of rotatable bonds is 2. The number of thiophene rings is 1. The van der Waals surface area contributed by atoms with Crippen LogP contribution >= 0.6 is 46.3 Å². The molecule has 0 radical (unpaired) electrons. The van der Waals surface area contributed by atoms with Gasteiger partial charge >= 0.3 is 0 Å². The van der Waals surface area contributed by atoms with Gasteiger partial charge < -0.3 is 0 Å². The number of thioether (sulfide) groups is 1. The highest BCUT2D eigenvalue weighted by Gasteiger charge is 1.94. The molecule has 0 unspecified atom stereocenters. The largest absolute Gasteiger partial charge is 0.117 e. The van der Waals surface area contributed by atoms with Crippen molar-refractivity contribution >= 4 is 46.3 Å². The molecule has 0 amide bonds. The molecule has 1 rings (SSSR count). The molecule has 10 heavy (non-hydrogen) atoms. The summed E-state index contributed by atoms with van der Waals surface area (Å²) in [5.74, 6) is 0. The molecule has 0 nitrogen and oxygen atoms in total. The Morgan fingerprint density at radius 2 is 2.30 bits per heavy atom. The van der Waals surface area contributed by atoms with Crippen LogP contribution in [0.15, 0.2) is 27.3 Å². The maximum Gasteiger partial charge on any atom is 0.0940 e. The van der Waals surface area contributed by atoms with E-state index >= 15 is 0 Å². The second-order valence-electron chi connectivity index (χ2n) is 1.44. The maximum atomic E-state index is 5.69. The van der Waals surface area contributed by atoms with Crippen LogP contribution in [-0.2, 0) is 0 Å². The molecule has 1 aromatic heterocycles. The van der Waals surface area contributed by atoms with Crippen LogP contribution < -0.4 is 0 Å². The van der Waals surface area contributed by atoms with Crippen molar-refractivity contribution in [2.24, 2.45) is 0 Å². The average Bonchev–Trinajstić information content (AvgIpc) is 2.31. The van der Waals surface area contributed by atoms with E-state index in [1.807, 2.05) is 17.5 Å². The predicted octanol–water partition coefficient (Wildman–Crippen LogP) is 4.20. The van der Waals surface area contributed by atoms with E-state index in [0.717, 1.165) is 8.55 Å². The Labute approximate surface area is 77.8 Å². The molecule has 54 valence electrons. The van der Waals surface area contributed by atoms with Crippen LogP contribution in [0.5, 0.6) is 0 Å². The third-order valence-corrected chi connectivity index (χ3v) is 3.26. The zero-order valence-electron chi connectivity index (χ0n) is 4.88. The van der Waals surface area contributed by atoms with E-state index in [1.165, 1.54) is 5.54 Å². The lowest BCUT2D eigenvalue weighted by molar-refractivity contribution is 1.75. The third kappa shape index (κ3) is 2.54. The fourth-order valence-corrected chi connectivity index (χ4v) is 2.48. The van der Waals surface area contributed by atoms with Gasteiger partial charge in [-0.3, -0.25) is 0 Å². The Bertz CT molecular complexity index is 229. The highest BCUT2D eigenvalue weighted by Crippen LogP contribution is 2.30. The van der Waals surface area contributed by atoms with Crippen LogP contribution in [-0.4, -0.2) is 0 Å². The van der Waals surface area contributed by atoms with Crippen molar-refractivity contribution in [1.29, 1.82) is 0 Å². The molecule has 0 fully saturated rings. The summed E-state index contributed by atoms with van der Waals surface area (Å²) in [5, 5.41) is 1.81. The van der Waals surface area contributed by atoms with Gasteiger partial charge in [0.1, 0.15) is 0 Å². The van der Waals surface area contributed by atoms with E-state index in [-0.39, 0.29) is 0 Å². The zero-order chi connectivity index (χ0) is 7.40. The van der Waals surface area contributed by atoms with E-state index in [0.29, 0.717) is 0 Å². The summed E-state index contributed by atoms with van der Waals surface area (Å²) in [5.41, 5.74) is 1.48. The van der Waals surface area contributed by atoms with Gasteiger partial charge in [0.05, 0.1) is 8.55 Å². The highest BCUT2D eigenvalue weighted by molar-refractivity contribution is 8.03. The molecule has 0 aliphatic heterocycles. The van der Waals surface area contributed by atoms with Gasteiger partial charge in [-0.2, -0.15) is 0 Å². The van der Waals surface area contributed by atoms with Gasteiger partial charge in [-0.25, -0.2) is 0 Å². The van der Waals surface area contributed by atoms with Gasteiger partial charge in [0, 0.05) is 5.54 Å². The van der Waals surface area contributed by atoms with Crippen molar-refractivity contribution in [1.82, 2.24) is 0 Å². The summed E-state index contributed by atoms with van der Waals surface area (Å²) in [7, 11) is 0. The first kappa shape index (κ1) is 8.47. The van der Waals surface area contributed by atoms with Crippen molar-refractivity contribution < 1.29 is 0 Å². The zero-order valence-corrected chi connectivity index (χ0v) is 8.03. The summed E-state index contributed by atoms with van der Waals surface area (Å²) in [6.07, 6.45) is 0. The van der Waals surface area contributed by atoms with Crippen LogP contribution in [0.2, 0.25) is 4.34 Å². The van der Waals surface area contributed by atoms with E-state index in [4.69, 9.17) is 23.2 Å². The first-order chi connectivity index (χ1) is 4.83. The summed E-state index contributed by atoms with van der Waals surface area (Å²) in [4.78, 5) is 0. The predicted molar refractivity (Wildman–Crippen MR) is 50.2 cm³/mol. The molecule has 4 heteroatoms. The molecule has 0 spiro atoms. The molecule has 0 aliphatic carbocycles. The smallest absolute Gasteiger partial charge is 0.0940 e. The van der Waals surface area contributed by atoms with Crippen LogP contribution in [0.25, 0.3) is 0 Å². The molecule has 1 aromatic rings. The summed E-state index contributed by atoms with van der Waals surface area (Å²) >= 11 is 14.1. The summed E-state index contributed by atoms with van der Waals surface area (Å²) in [6, 6.07) is 3.84. The minimum atomic E-state index is 0.811. The van der Waals surface area contributed by atoms with Crippen LogP contribution in [0.4, 0.5) is 0 Å². The van der Waals surface area contributed by atoms with Gasteiger partial charge in [-0.05, 0) is 17.5 Å². The van der Waals surface area contributed by atoms with E-state index in [9.17, 15) is 0 Å². The van der Waals surface area contributed by atoms with Crippen molar-refractivity contribution in [3.05, 3.63) is 27.4 Å². The quantitative estimate of drug-likeness (QED) is 0.660. The normalized spacial score (nSPS) is 11.0. The molecular formula is C6H4Cl2S2. The molecule has 0 aromatic carbocycles. The minimum absolute atomic E-state index is 0.811. The Balaban J connectivity index is 2.58. The Morgan fingerprint density at radius 3 is 2.80 bits per heavy atom. The van der Waals surface area contributed by atoms with Gasteiger partial charge in [-0.1, -0.05) is 35.0 Å². The second kappa shape index (κ2) is 4.29. The molecule has 0 atom stereocenters. The standard InChI is InChI=1S/C6H4Cl2S2/c7-3-4-9-6-2-1-5(8)10-6/h1-4H. The molecule has 0 bridgehead atoms. The lowest BCUT2D eigenvalue weighted by Crippen LogP contribution is -1.47. The summed E-state index contributed by atoms with van der Waals surface area (Å²) < 4.78 is 1.97. The van der Waals surface area contributed by atoms with Crippen LogP contribution in [0.3, 0.4) is 0 Å². The second-order valence-corrected chi connectivity index (χ2v) is 4.61. The van der Waals surface area contributed by atoms with Crippen molar-refractivity contribution in [3.63, 3.8) is 0 Å². The minimum Gasteiger partial charge on any atom is -0.117 e. The number of halogens is 2. The molecule has 0 saturated carbocycles. The Morgan fingerprint density at radius 1 is 1.50 bits per heavy atom. The first-order valence-electron chi connectivity index (χ1n) is 2.50. The van der Waals surface area contributed by atoms with Crippen LogP contribution in [0.1, 0.15) is 0 Å². The SMILES string of the molecule is ClC=CSc1ccc(Cl)s1. The fourth-order valence-electron chi connectivity index (χ4n) is 0.454. The van der Waals surface area contributed by atoms with Crippen molar-refractivity contribution in [2.75, 3.05) is 0 Å². The van der Waals surface area contributed by atoms with Gasteiger partial charge in [0.2, 0.25) is 0 Å². The lowest BCUT2D eigenvalue weighted by Gasteiger charge is -1.82. The van der Waals surface area contributed by atoms with Crippen molar-refractivity contribution in [2.45, 2.75) is 4.21 Å². The fraction of sp³-hybridized carbons (Fsp3) is 0. The third-order valence-electron chi connectivity index (χ3n) is 0.784. The van der Waals surface area contributed by atoms with Crippen LogP contribution in [0, 0.1) is 0 Å². The molecule has 1 heterocycles. The molecular weight excluding hydrogens is 207 g/mol. The maximum absolute atomic E-state index is 5.69. The monoisotopic (exact) mass is 210 g/mol. The van der Waals surface area contributed by atoms with E-state index < -0.39 is 0 Å². The topological polar surface area (TPSA) is 0 Å². The molecule has 0 saturated heterocycles. The van der Waals surface area contributed by atoms with E-state index in [1.54, 1.807) is 23.1 Å². The van der Waals surface area contributed by atoms with E-state index in [2.05, 4.69) is 0 Å². The molecule has 0 aliphatic rings. The Kier molecular flexibility index (Phi) is 3.63. The van der Waals surface area contributed by atoms with Gasteiger partial charge in [0.25, 0.3) is 0 Å². The summed E-state index contributed by atoms with van der Waals surface area (Å²) in [6.45, 7) is 0. The van der Waals surface area contributed by atoms with Gasteiger partial charge in [0.15, 0.2) is 0 Å². The molecule has 0 N–H and O–H groups in total. The van der Waals surface area contributed by atoms with Gasteiger partial charge in [-0.15, -0.1) is 11.3 Å². The number of hydrogen-bond acceptors (Lipinski definition) is 2. The van der Waals surface area contributed by atoms with Crippen molar-refractivity contribution in [3.8, 4) is 0 Å².